The van der Waals surface area contributed by atoms with Crippen molar-refractivity contribution in [3.63, 3.8) is 0 Å². The zero-order valence-corrected chi connectivity index (χ0v) is 40.0. The van der Waals surface area contributed by atoms with Gasteiger partial charge >= 0.3 is 0 Å². The molecule has 2 aromatic heterocycles. The lowest BCUT2D eigenvalue weighted by Crippen LogP contribution is -2.31. The van der Waals surface area contributed by atoms with Gasteiger partial charge in [0.1, 0.15) is 0 Å². The summed E-state index contributed by atoms with van der Waals surface area (Å²) in [7, 11) is 0. The highest BCUT2D eigenvalue weighted by Gasteiger charge is 2.39. The van der Waals surface area contributed by atoms with Gasteiger partial charge in [0.15, 0.2) is 0 Å². The van der Waals surface area contributed by atoms with Gasteiger partial charge in [0.2, 0.25) is 0 Å². The second kappa shape index (κ2) is 15.1. The van der Waals surface area contributed by atoms with Gasteiger partial charge < -0.3 is 18.9 Å². The molecule has 3 aliphatic rings. The number of rotatable bonds is 5. The minimum absolute atomic E-state index is 0.245. The van der Waals surface area contributed by atoms with Gasteiger partial charge in [0.05, 0.1) is 44.8 Å². The first-order valence-corrected chi connectivity index (χ1v) is 24.8. The maximum Gasteiger partial charge on any atom is 0.0542 e. The van der Waals surface area contributed by atoms with E-state index >= 15 is 0 Å². The summed E-state index contributed by atoms with van der Waals surface area (Å²) in [4.78, 5) is 5.00. The van der Waals surface area contributed by atoms with Gasteiger partial charge in [-0.15, -0.1) is 0 Å². The maximum absolute atomic E-state index is 2.51. The molecule has 4 nitrogen and oxygen atoms in total. The monoisotopic (exact) mass is 900 g/mol. The third-order valence-corrected chi connectivity index (χ3v) is 15.9. The van der Waals surface area contributed by atoms with Gasteiger partial charge in [-0.05, 0) is 149 Å². The zero-order chi connectivity index (χ0) is 46.9. The molecule has 9 aromatic carbocycles. The summed E-state index contributed by atoms with van der Waals surface area (Å²) in [6.07, 6.45) is 8.85. The average molecular weight is 901 g/mol. The second-order valence-electron chi connectivity index (χ2n) is 20.5. The van der Waals surface area contributed by atoms with Crippen LogP contribution in [-0.4, -0.2) is 9.13 Å². The van der Waals surface area contributed by atoms with Crippen molar-refractivity contribution >= 4 is 83.4 Å². The number of aromatic nitrogens is 2. The molecule has 4 heterocycles. The van der Waals surface area contributed by atoms with Gasteiger partial charge in [-0.2, -0.15) is 0 Å². The minimum Gasteiger partial charge on any atom is -0.313 e. The van der Waals surface area contributed by atoms with E-state index in [-0.39, 0.29) is 10.8 Å². The van der Waals surface area contributed by atoms with E-state index in [0.717, 1.165) is 18.5 Å². The molecule has 70 heavy (non-hydrogen) atoms. The van der Waals surface area contributed by atoms with Crippen molar-refractivity contribution < 1.29 is 0 Å². The molecule has 0 bridgehead atoms. The van der Waals surface area contributed by atoms with Gasteiger partial charge in [-0.25, -0.2) is 0 Å². The summed E-state index contributed by atoms with van der Waals surface area (Å²) in [5.74, 6) is 0. The Bertz CT molecular complexity index is 4020. The Morgan fingerprint density at radius 3 is 1.36 bits per heavy atom. The van der Waals surface area contributed by atoms with E-state index in [1.165, 1.54) is 117 Å². The summed E-state index contributed by atoms with van der Waals surface area (Å²) < 4.78 is 4.87. The predicted molar refractivity (Wildman–Crippen MR) is 295 cm³/mol. The first-order valence-electron chi connectivity index (χ1n) is 24.8. The van der Waals surface area contributed by atoms with E-state index in [9.17, 15) is 0 Å². The number of fused-ring (bicyclic) bond motifs is 10. The molecule has 1 aliphatic carbocycles. The second-order valence-corrected chi connectivity index (χ2v) is 20.5. The van der Waals surface area contributed by atoms with Crippen LogP contribution in [0.25, 0.3) is 66.1 Å². The Kier molecular flexibility index (Phi) is 8.77. The SMILES string of the molecule is CC1(C)c2ccccc2N(c2ccc3c(c2)c2ccccc2n3C2=CC=CCC2)c2ccc(-c3ccc4c(c3)C(C)(C)c3ccccc3N4c3ccc4c(c3)c3ccccc3n4-c3ccccc3)cc21. The predicted octanol–water partition coefficient (Wildman–Crippen LogP) is 18.0. The highest BCUT2D eigenvalue weighted by Crippen LogP contribution is 2.56. The van der Waals surface area contributed by atoms with E-state index in [4.69, 9.17) is 0 Å². The molecule has 0 fully saturated rings. The number of anilines is 6. The Morgan fingerprint density at radius 1 is 0.357 bits per heavy atom. The summed E-state index contributed by atoms with van der Waals surface area (Å²) in [5.41, 5.74) is 21.9. The molecule has 0 N–H and O–H groups in total. The van der Waals surface area contributed by atoms with Crippen LogP contribution < -0.4 is 9.80 Å². The van der Waals surface area contributed by atoms with Crippen molar-refractivity contribution in [3.05, 3.63) is 241 Å². The molecule has 2 aliphatic heterocycles. The smallest absolute Gasteiger partial charge is 0.0542 e. The van der Waals surface area contributed by atoms with Crippen LogP contribution in [0.4, 0.5) is 34.1 Å². The Morgan fingerprint density at radius 2 is 0.814 bits per heavy atom. The lowest BCUT2D eigenvalue weighted by molar-refractivity contribution is 0.631. The van der Waals surface area contributed by atoms with Crippen LogP contribution in [0.3, 0.4) is 0 Å². The normalized spacial score (nSPS) is 15.5. The van der Waals surface area contributed by atoms with E-state index < -0.39 is 0 Å². The summed E-state index contributed by atoms with van der Waals surface area (Å²) in [5, 5.41) is 5.05. The van der Waals surface area contributed by atoms with E-state index in [1.54, 1.807) is 0 Å². The molecule has 4 heteroatoms. The summed E-state index contributed by atoms with van der Waals surface area (Å²) >= 11 is 0. The van der Waals surface area contributed by atoms with E-state index in [1.807, 2.05) is 0 Å². The summed E-state index contributed by atoms with van der Waals surface area (Å²) in [6, 6.07) is 75.0. The lowest BCUT2D eigenvalue weighted by atomic mass is 9.71. The summed E-state index contributed by atoms with van der Waals surface area (Å²) in [6.45, 7) is 9.58. The molecule has 336 valence electrons. The van der Waals surface area contributed by atoms with Crippen LogP contribution in [0.1, 0.15) is 62.8 Å². The Labute approximate surface area is 409 Å². The van der Waals surface area contributed by atoms with Gasteiger partial charge in [0.25, 0.3) is 0 Å². The van der Waals surface area contributed by atoms with Crippen molar-refractivity contribution in [3.8, 4) is 16.8 Å². The molecule has 0 spiro atoms. The van der Waals surface area contributed by atoms with Crippen LogP contribution >= 0.6 is 0 Å². The third kappa shape index (κ3) is 5.83. The van der Waals surface area contributed by atoms with Crippen molar-refractivity contribution in [1.29, 1.82) is 0 Å². The van der Waals surface area contributed by atoms with Crippen molar-refractivity contribution in [1.82, 2.24) is 9.13 Å². The number of hydrogen-bond acceptors (Lipinski definition) is 2. The van der Waals surface area contributed by atoms with Gasteiger partial charge in [-0.3, -0.25) is 0 Å². The van der Waals surface area contributed by atoms with Crippen molar-refractivity contribution in [2.45, 2.75) is 51.4 Å². The highest BCUT2D eigenvalue weighted by molar-refractivity contribution is 6.12. The van der Waals surface area contributed by atoms with E-state index in [2.05, 4.69) is 265 Å². The van der Waals surface area contributed by atoms with Crippen LogP contribution in [-0.2, 0) is 10.8 Å². The maximum atomic E-state index is 2.51. The first kappa shape index (κ1) is 40.7. The van der Waals surface area contributed by atoms with Crippen LogP contribution in [0.5, 0.6) is 0 Å². The molecule has 14 rings (SSSR count). The average Bonchev–Trinajstić information content (AvgIpc) is 3.92. The van der Waals surface area contributed by atoms with Gasteiger partial charge in [-0.1, -0.05) is 143 Å². The number of benzene rings is 9. The van der Waals surface area contributed by atoms with Gasteiger partial charge in [0, 0.05) is 55.1 Å². The fourth-order valence-electron chi connectivity index (χ4n) is 12.5. The molecule has 0 radical (unpaired) electrons. The number of para-hydroxylation sites is 5. The Balaban J connectivity index is 0.907. The topological polar surface area (TPSA) is 16.3 Å². The van der Waals surface area contributed by atoms with Crippen molar-refractivity contribution in [2.75, 3.05) is 9.80 Å². The van der Waals surface area contributed by atoms with Crippen LogP contribution in [0.15, 0.2) is 218 Å². The largest absolute Gasteiger partial charge is 0.313 e. The number of hydrogen-bond donors (Lipinski definition) is 0. The molecule has 0 saturated heterocycles. The molecular weight excluding hydrogens is 849 g/mol. The van der Waals surface area contributed by atoms with Crippen molar-refractivity contribution in [2.24, 2.45) is 0 Å². The third-order valence-electron chi connectivity index (χ3n) is 15.9. The Hall–Kier alpha value is -8.34. The molecule has 0 saturated carbocycles. The lowest BCUT2D eigenvalue weighted by Gasteiger charge is -2.43. The standard InChI is InChI=1S/C66H52N4/c1-65(2)53-25-13-17-29-61(53)69(47-33-37-59-51(41-47)49-23-11-15-27-57(49)67(59)45-19-7-5-8-20-45)63-35-31-43(39-55(63)65)44-32-36-64-56(40-44)66(3,4)54-26-14-18-30-62(54)70(64)48-34-38-60-52(42-48)50-24-12-16-28-58(50)68(60)46-21-9-6-10-22-46/h5-9,11-21,23-42H,10,22H2,1-4H3. The fourth-order valence-corrected chi connectivity index (χ4v) is 12.5. The zero-order valence-electron chi connectivity index (χ0n) is 40.0. The quantitative estimate of drug-likeness (QED) is 0.171. The molecular formula is C66H52N4. The minimum atomic E-state index is -0.249. The highest BCUT2D eigenvalue weighted by atomic mass is 15.2. The van der Waals surface area contributed by atoms with Crippen LogP contribution in [0.2, 0.25) is 0 Å². The molecule has 0 atom stereocenters. The number of nitrogens with zero attached hydrogens (tertiary/aromatic N) is 4. The van der Waals surface area contributed by atoms with Crippen LogP contribution in [0, 0.1) is 0 Å². The first-order chi connectivity index (χ1) is 34.3. The molecule has 0 amide bonds. The number of allylic oxidation sites excluding steroid dienone is 4. The van der Waals surface area contributed by atoms with E-state index in [0.29, 0.717) is 0 Å². The fraction of sp³-hybridized carbons (Fsp3) is 0.121. The molecule has 0 unspecified atom stereocenters. The molecule has 11 aromatic rings.